The lowest BCUT2D eigenvalue weighted by atomic mass is 10.1. The standard InChI is InChI=1S/C22H25NO5/c1-14-11-17-7-5-6-8-18(17)23(14)22(25)15(2)28-21(24)13-16-9-10-19(26-3)20(12-16)27-4/h5-10,12,14-15H,11,13H2,1-4H3/t14-,15-/m0/s1. The molecule has 0 N–H and O–H groups in total. The molecule has 0 bridgehead atoms. The van der Waals surface area contributed by atoms with Crippen LogP contribution in [-0.2, 0) is 27.2 Å². The molecule has 6 nitrogen and oxygen atoms in total. The zero-order chi connectivity index (χ0) is 20.3. The van der Waals surface area contributed by atoms with Gasteiger partial charge in [-0.15, -0.1) is 0 Å². The van der Waals surface area contributed by atoms with E-state index in [1.807, 2.05) is 31.2 Å². The molecule has 0 radical (unpaired) electrons. The Balaban J connectivity index is 1.65. The van der Waals surface area contributed by atoms with Crippen molar-refractivity contribution in [2.45, 2.75) is 38.8 Å². The fourth-order valence-electron chi connectivity index (χ4n) is 3.54. The van der Waals surface area contributed by atoms with Gasteiger partial charge >= 0.3 is 5.97 Å². The van der Waals surface area contributed by atoms with Gasteiger partial charge in [-0.3, -0.25) is 9.59 Å². The van der Waals surface area contributed by atoms with Gasteiger partial charge in [-0.2, -0.15) is 0 Å². The van der Waals surface area contributed by atoms with Crippen LogP contribution in [-0.4, -0.2) is 38.2 Å². The number of para-hydroxylation sites is 1. The van der Waals surface area contributed by atoms with Crippen molar-refractivity contribution in [2.75, 3.05) is 19.1 Å². The molecule has 0 saturated carbocycles. The monoisotopic (exact) mass is 383 g/mol. The molecule has 0 aromatic heterocycles. The van der Waals surface area contributed by atoms with Crippen molar-refractivity contribution in [2.24, 2.45) is 0 Å². The Labute approximate surface area is 165 Å². The smallest absolute Gasteiger partial charge is 0.311 e. The van der Waals surface area contributed by atoms with Gasteiger partial charge in [0.15, 0.2) is 17.6 Å². The number of benzene rings is 2. The normalized spacial score (nSPS) is 16.3. The maximum atomic E-state index is 12.9. The molecular weight excluding hydrogens is 358 g/mol. The summed E-state index contributed by atoms with van der Waals surface area (Å²) in [4.78, 5) is 27.0. The lowest BCUT2D eigenvalue weighted by Crippen LogP contribution is -2.43. The summed E-state index contributed by atoms with van der Waals surface area (Å²) in [6.45, 7) is 3.61. The Morgan fingerprint density at radius 3 is 2.54 bits per heavy atom. The second-order valence-electron chi connectivity index (χ2n) is 6.89. The molecule has 2 aromatic carbocycles. The largest absolute Gasteiger partial charge is 0.493 e. The second-order valence-corrected chi connectivity index (χ2v) is 6.89. The van der Waals surface area contributed by atoms with Crippen molar-refractivity contribution in [3.05, 3.63) is 53.6 Å². The van der Waals surface area contributed by atoms with Crippen molar-refractivity contribution in [1.82, 2.24) is 0 Å². The van der Waals surface area contributed by atoms with Crippen LogP contribution in [0.3, 0.4) is 0 Å². The third-order valence-electron chi connectivity index (χ3n) is 4.90. The molecular formula is C22H25NO5. The summed E-state index contributed by atoms with van der Waals surface area (Å²) in [5, 5.41) is 0. The number of fused-ring (bicyclic) bond motifs is 1. The Bertz CT molecular complexity index is 879. The molecule has 1 aliphatic rings. The highest BCUT2D eigenvalue weighted by Gasteiger charge is 2.34. The highest BCUT2D eigenvalue weighted by atomic mass is 16.5. The Morgan fingerprint density at radius 1 is 1.11 bits per heavy atom. The number of rotatable bonds is 6. The summed E-state index contributed by atoms with van der Waals surface area (Å²) >= 11 is 0. The zero-order valence-corrected chi connectivity index (χ0v) is 16.6. The number of amides is 1. The van der Waals surface area contributed by atoms with Crippen molar-refractivity contribution >= 4 is 17.6 Å². The van der Waals surface area contributed by atoms with Gasteiger partial charge < -0.3 is 19.1 Å². The van der Waals surface area contributed by atoms with E-state index >= 15 is 0 Å². The third kappa shape index (κ3) is 3.96. The van der Waals surface area contributed by atoms with Gasteiger partial charge in [0.1, 0.15) is 0 Å². The first-order chi connectivity index (χ1) is 13.4. The number of carbonyl (C=O) groups is 2. The summed E-state index contributed by atoms with van der Waals surface area (Å²) in [7, 11) is 3.09. The van der Waals surface area contributed by atoms with Gasteiger partial charge in [0.2, 0.25) is 0 Å². The van der Waals surface area contributed by atoms with Crippen LogP contribution in [0.1, 0.15) is 25.0 Å². The van der Waals surface area contributed by atoms with Crippen LogP contribution >= 0.6 is 0 Å². The molecule has 0 aliphatic carbocycles. The lowest BCUT2D eigenvalue weighted by Gasteiger charge is -2.26. The molecule has 2 atom stereocenters. The van der Waals surface area contributed by atoms with E-state index in [4.69, 9.17) is 14.2 Å². The van der Waals surface area contributed by atoms with E-state index in [-0.39, 0.29) is 18.4 Å². The number of anilines is 1. The number of nitrogens with zero attached hydrogens (tertiary/aromatic N) is 1. The van der Waals surface area contributed by atoms with Gasteiger partial charge in [-0.05, 0) is 49.6 Å². The van der Waals surface area contributed by atoms with Crippen LogP contribution in [0.5, 0.6) is 11.5 Å². The Morgan fingerprint density at radius 2 is 1.82 bits per heavy atom. The van der Waals surface area contributed by atoms with E-state index in [0.29, 0.717) is 11.5 Å². The fourth-order valence-corrected chi connectivity index (χ4v) is 3.54. The summed E-state index contributed by atoms with van der Waals surface area (Å²) in [6.07, 6.45) is -0.0144. The van der Waals surface area contributed by atoms with Gasteiger partial charge in [-0.25, -0.2) is 0 Å². The maximum absolute atomic E-state index is 12.9. The first kappa shape index (κ1) is 19.7. The second kappa shape index (κ2) is 8.33. The average Bonchev–Trinajstić information content (AvgIpc) is 3.02. The van der Waals surface area contributed by atoms with Crippen LogP contribution in [0.4, 0.5) is 5.69 Å². The topological polar surface area (TPSA) is 65.1 Å². The van der Waals surface area contributed by atoms with Crippen LogP contribution < -0.4 is 14.4 Å². The van der Waals surface area contributed by atoms with Gasteiger partial charge in [0, 0.05) is 11.7 Å². The third-order valence-corrected chi connectivity index (χ3v) is 4.90. The number of ether oxygens (including phenoxy) is 3. The molecule has 0 unspecified atom stereocenters. The molecule has 28 heavy (non-hydrogen) atoms. The molecule has 0 fully saturated rings. The minimum Gasteiger partial charge on any atom is -0.493 e. The van der Waals surface area contributed by atoms with Crippen molar-refractivity contribution in [3.8, 4) is 11.5 Å². The van der Waals surface area contributed by atoms with E-state index in [1.54, 1.807) is 37.1 Å². The molecule has 6 heteroatoms. The van der Waals surface area contributed by atoms with Gasteiger partial charge in [-0.1, -0.05) is 24.3 Å². The molecule has 148 valence electrons. The van der Waals surface area contributed by atoms with E-state index in [2.05, 4.69) is 0 Å². The molecule has 1 aliphatic heterocycles. The predicted molar refractivity (Wildman–Crippen MR) is 106 cm³/mol. The average molecular weight is 383 g/mol. The molecule has 0 saturated heterocycles. The number of carbonyl (C=O) groups excluding carboxylic acids is 2. The Kier molecular flexibility index (Phi) is 5.87. The molecule has 3 rings (SSSR count). The van der Waals surface area contributed by atoms with Gasteiger partial charge in [0.25, 0.3) is 5.91 Å². The molecule has 0 spiro atoms. The highest BCUT2D eigenvalue weighted by molar-refractivity contribution is 5.99. The van der Waals surface area contributed by atoms with E-state index < -0.39 is 12.1 Å². The lowest BCUT2D eigenvalue weighted by molar-refractivity contribution is -0.153. The quantitative estimate of drug-likeness (QED) is 0.717. The molecule has 1 amide bonds. The van der Waals surface area contributed by atoms with Crippen LogP contribution in [0.25, 0.3) is 0 Å². The molecule has 2 aromatic rings. The fraction of sp³-hybridized carbons (Fsp3) is 0.364. The first-order valence-corrected chi connectivity index (χ1v) is 9.26. The first-order valence-electron chi connectivity index (χ1n) is 9.26. The maximum Gasteiger partial charge on any atom is 0.311 e. The predicted octanol–water partition coefficient (Wildman–Crippen LogP) is 3.16. The number of methoxy groups -OCH3 is 2. The van der Waals surface area contributed by atoms with E-state index in [9.17, 15) is 9.59 Å². The Hall–Kier alpha value is -3.02. The van der Waals surface area contributed by atoms with Crippen LogP contribution in [0.15, 0.2) is 42.5 Å². The summed E-state index contributed by atoms with van der Waals surface area (Å²) in [5.74, 6) is 0.454. The van der Waals surface area contributed by atoms with Crippen LogP contribution in [0, 0.1) is 0 Å². The number of hydrogen-bond donors (Lipinski definition) is 0. The summed E-state index contributed by atoms with van der Waals surface area (Å²) in [6, 6.07) is 13.1. The van der Waals surface area contributed by atoms with Gasteiger partial charge in [0.05, 0.1) is 20.6 Å². The van der Waals surface area contributed by atoms with Crippen molar-refractivity contribution < 1.29 is 23.8 Å². The molecule has 1 heterocycles. The van der Waals surface area contributed by atoms with Crippen molar-refractivity contribution in [3.63, 3.8) is 0 Å². The summed E-state index contributed by atoms with van der Waals surface area (Å²) in [5.41, 5.74) is 2.75. The SMILES string of the molecule is COc1ccc(CC(=O)O[C@@H](C)C(=O)N2c3ccccc3C[C@@H]2C)cc1OC. The minimum absolute atomic E-state index is 0.0388. The zero-order valence-electron chi connectivity index (χ0n) is 16.6. The minimum atomic E-state index is -0.860. The number of hydrogen-bond acceptors (Lipinski definition) is 5. The number of esters is 1. The van der Waals surface area contributed by atoms with E-state index in [0.717, 1.165) is 23.2 Å². The van der Waals surface area contributed by atoms with E-state index in [1.165, 1.54) is 7.11 Å². The van der Waals surface area contributed by atoms with Crippen LogP contribution in [0.2, 0.25) is 0 Å². The summed E-state index contributed by atoms with van der Waals surface area (Å²) < 4.78 is 15.9. The van der Waals surface area contributed by atoms with Crippen molar-refractivity contribution in [1.29, 1.82) is 0 Å². The highest BCUT2D eigenvalue weighted by Crippen LogP contribution is 2.32.